The molecule has 0 aliphatic heterocycles. The van der Waals surface area contributed by atoms with Crippen molar-refractivity contribution in [3.8, 4) is 11.8 Å². The topological polar surface area (TPSA) is 76.1 Å². The predicted octanol–water partition coefficient (Wildman–Crippen LogP) is 3.57. The number of pyridine rings is 1. The molecule has 2 aromatic rings. The van der Waals surface area contributed by atoms with E-state index in [1.165, 1.54) is 30.6 Å². The quantitative estimate of drug-likeness (QED) is 0.747. The van der Waals surface area contributed by atoms with Gasteiger partial charge in [-0.25, -0.2) is 9.78 Å². The smallest absolute Gasteiger partial charge is 0.321 e. The second-order valence-corrected chi connectivity index (χ2v) is 7.69. The highest BCUT2D eigenvalue weighted by Gasteiger charge is 2.18. The second-order valence-electron chi connectivity index (χ2n) is 6.70. The molecule has 1 fully saturated rings. The summed E-state index contributed by atoms with van der Waals surface area (Å²) in [5.41, 5.74) is 1.69. The van der Waals surface area contributed by atoms with Crippen molar-refractivity contribution in [1.29, 1.82) is 0 Å². The summed E-state index contributed by atoms with van der Waals surface area (Å²) in [6.45, 7) is 5.11. The second kappa shape index (κ2) is 9.49. The fraction of sp³-hybridized carbons (Fsp3) is 0.450. The normalized spacial score (nSPS) is 14.6. The van der Waals surface area contributed by atoms with Crippen LogP contribution in [0.1, 0.15) is 42.3 Å². The molecule has 0 spiro atoms. The summed E-state index contributed by atoms with van der Waals surface area (Å²) in [6.07, 6.45) is 7.24. The number of hydrogen-bond donors (Lipinski definition) is 2. The minimum atomic E-state index is -0.281. The summed E-state index contributed by atoms with van der Waals surface area (Å²) in [5, 5.41) is 6.13. The van der Waals surface area contributed by atoms with Crippen molar-refractivity contribution >= 4 is 22.5 Å². The van der Waals surface area contributed by atoms with Crippen LogP contribution in [0, 0.1) is 24.7 Å². The van der Waals surface area contributed by atoms with E-state index < -0.39 is 0 Å². The lowest BCUT2D eigenvalue weighted by Gasteiger charge is -2.26. The molecule has 142 valence electrons. The molecule has 6 nitrogen and oxygen atoms in total. The van der Waals surface area contributed by atoms with Gasteiger partial charge in [0.05, 0.1) is 11.8 Å². The van der Waals surface area contributed by atoms with Crippen LogP contribution in [0.3, 0.4) is 0 Å². The van der Waals surface area contributed by atoms with Crippen molar-refractivity contribution in [3.63, 3.8) is 0 Å². The number of nitrogens with zero attached hydrogens (tertiary/aromatic N) is 2. The molecule has 1 aliphatic carbocycles. The molecule has 27 heavy (non-hydrogen) atoms. The Morgan fingerprint density at radius 3 is 2.85 bits per heavy atom. The molecule has 1 aliphatic rings. The van der Waals surface area contributed by atoms with E-state index in [9.17, 15) is 4.79 Å². The molecule has 2 N–H and O–H groups in total. The first-order valence-corrected chi connectivity index (χ1v) is 9.97. The van der Waals surface area contributed by atoms with Crippen LogP contribution in [0.4, 0.5) is 9.93 Å². The van der Waals surface area contributed by atoms with Gasteiger partial charge >= 0.3 is 6.03 Å². The molecule has 7 heteroatoms. The average molecular weight is 385 g/mol. The van der Waals surface area contributed by atoms with E-state index in [1.54, 1.807) is 12.4 Å². The van der Waals surface area contributed by atoms with E-state index in [0.29, 0.717) is 17.6 Å². The van der Waals surface area contributed by atoms with Crippen LogP contribution in [-0.2, 0) is 4.74 Å². The number of hydrogen-bond acceptors (Lipinski definition) is 5. The Morgan fingerprint density at radius 2 is 2.15 bits per heavy atom. The first kappa shape index (κ1) is 19.3. The average Bonchev–Trinajstić information content (AvgIpc) is 2.97. The summed E-state index contributed by atoms with van der Waals surface area (Å²) >= 11 is 1.36. The zero-order valence-corrected chi connectivity index (χ0v) is 16.4. The van der Waals surface area contributed by atoms with Crippen LogP contribution in [0.25, 0.3) is 0 Å². The van der Waals surface area contributed by atoms with Crippen molar-refractivity contribution in [1.82, 2.24) is 15.3 Å². The van der Waals surface area contributed by atoms with E-state index in [-0.39, 0.29) is 12.1 Å². The van der Waals surface area contributed by atoms with Gasteiger partial charge in [-0.1, -0.05) is 23.7 Å². The van der Waals surface area contributed by atoms with Gasteiger partial charge in [0.25, 0.3) is 0 Å². The Morgan fingerprint density at radius 1 is 1.37 bits per heavy atom. The van der Waals surface area contributed by atoms with Crippen LogP contribution in [0.5, 0.6) is 0 Å². The van der Waals surface area contributed by atoms with Crippen LogP contribution in [0.15, 0.2) is 24.5 Å². The van der Waals surface area contributed by atoms with E-state index in [0.717, 1.165) is 22.7 Å². The molecular weight excluding hydrogens is 360 g/mol. The molecule has 2 heterocycles. The zero-order chi connectivity index (χ0) is 19.1. The number of rotatable bonds is 6. The Balaban J connectivity index is 1.46. The molecule has 2 amide bonds. The van der Waals surface area contributed by atoms with E-state index in [1.807, 2.05) is 26.0 Å². The van der Waals surface area contributed by atoms with Crippen molar-refractivity contribution in [3.05, 3.63) is 40.7 Å². The molecular formula is C20H24N4O2S. The van der Waals surface area contributed by atoms with Gasteiger partial charge in [-0.3, -0.25) is 10.3 Å². The minimum absolute atomic E-state index is 0.00355. The number of thiazole rings is 1. The van der Waals surface area contributed by atoms with Gasteiger partial charge in [0, 0.05) is 31.1 Å². The Labute approximate surface area is 163 Å². The SMILES string of the molecule is Cc1nc(NC(=O)NC[C@H](C)OCC2CCC2)sc1C#Cc1ccncc1. The monoisotopic (exact) mass is 384 g/mol. The number of nitrogens with one attached hydrogen (secondary N) is 2. The van der Waals surface area contributed by atoms with Gasteiger partial charge in [0.1, 0.15) is 4.88 Å². The molecule has 1 atom stereocenters. The fourth-order valence-corrected chi connectivity index (χ4v) is 3.34. The van der Waals surface area contributed by atoms with Crippen LogP contribution >= 0.6 is 11.3 Å². The Hall–Kier alpha value is -2.43. The Kier molecular flexibility index (Phi) is 6.80. The summed E-state index contributed by atoms with van der Waals surface area (Å²) in [7, 11) is 0. The summed E-state index contributed by atoms with van der Waals surface area (Å²) in [4.78, 5) is 21.2. The van der Waals surface area contributed by atoms with Crippen LogP contribution < -0.4 is 10.6 Å². The third kappa shape index (κ3) is 6.05. The maximum absolute atomic E-state index is 12.1. The molecule has 3 rings (SSSR count). The first-order chi connectivity index (χ1) is 13.1. The van der Waals surface area contributed by atoms with Crippen LogP contribution in [-0.4, -0.2) is 35.3 Å². The van der Waals surface area contributed by atoms with Crippen molar-refractivity contribution in [2.75, 3.05) is 18.5 Å². The third-order valence-electron chi connectivity index (χ3n) is 4.41. The first-order valence-electron chi connectivity index (χ1n) is 9.16. The lowest BCUT2D eigenvalue weighted by molar-refractivity contribution is 0.0221. The van der Waals surface area contributed by atoms with Gasteiger partial charge in [0.15, 0.2) is 5.13 Å². The predicted molar refractivity (Wildman–Crippen MR) is 107 cm³/mol. The number of aryl methyl sites for hydroxylation is 1. The van der Waals surface area contributed by atoms with Crippen molar-refractivity contribution < 1.29 is 9.53 Å². The van der Waals surface area contributed by atoms with Gasteiger partial charge in [-0.15, -0.1) is 0 Å². The lowest BCUT2D eigenvalue weighted by atomic mass is 9.86. The molecule has 0 aromatic carbocycles. The summed E-state index contributed by atoms with van der Waals surface area (Å²) in [6, 6.07) is 3.42. The molecule has 0 bridgehead atoms. The van der Waals surface area contributed by atoms with Crippen molar-refractivity contribution in [2.45, 2.75) is 39.2 Å². The highest BCUT2D eigenvalue weighted by atomic mass is 32.1. The highest BCUT2D eigenvalue weighted by Crippen LogP contribution is 2.26. The van der Waals surface area contributed by atoms with E-state index in [4.69, 9.17) is 4.74 Å². The number of carbonyl (C=O) groups is 1. The van der Waals surface area contributed by atoms with Gasteiger partial charge in [0.2, 0.25) is 0 Å². The standard InChI is InChI=1S/C20H24N4O2S/c1-14(26-13-17-4-3-5-17)12-22-19(25)24-20-23-15(2)18(27-20)7-6-16-8-10-21-11-9-16/h8-11,14,17H,3-5,12-13H2,1-2H3,(H2,22,23,24,25)/t14-/m0/s1. The van der Waals surface area contributed by atoms with Crippen LogP contribution in [0.2, 0.25) is 0 Å². The highest BCUT2D eigenvalue weighted by molar-refractivity contribution is 7.16. The molecule has 0 saturated heterocycles. The molecule has 0 unspecified atom stereocenters. The summed E-state index contributed by atoms with van der Waals surface area (Å²) in [5.74, 6) is 6.87. The van der Waals surface area contributed by atoms with Gasteiger partial charge in [-0.2, -0.15) is 0 Å². The number of urea groups is 1. The molecule has 1 saturated carbocycles. The summed E-state index contributed by atoms with van der Waals surface area (Å²) < 4.78 is 5.77. The van der Waals surface area contributed by atoms with E-state index >= 15 is 0 Å². The number of anilines is 1. The number of carbonyl (C=O) groups excluding carboxylic acids is 1. The van der Waals surface area contributed by atoms with E-state index in [2.05, 4.69) is 32.4 Å². The Bertz CT molecular complexity index is 821. The maximum Gasteiger partial charge on any atom is 0.321 e. The van der Waals surface area contributed by atoms with Crippen molar-refractivity contribution in [2.24, 2.45) is 5.92 Å². The lowest BCUT2D eigenvalue weighted by Crippen LogP contribution is -2.36. The number of aromatic nitrogens is 2. The molecule has 0 radical (unpaired) electrons. The zero-order valence-electron chi connectivity index (χ0n) is 15.6. The number of ether oxygens (including phenoxy) is 1. The van der Waals surface area contributed by atoms with Gasteiger partial charge in [-0.05, 0) is 50.7 Å². The fourth-order valence-electron chi connectivity index (χ4n) is 2.53. The third-order valence-corrected chi connectivity index (χ3v) is 5.40. The maximum atomic E-state index is 12.1. The minimum Gasteiger partial charge on any atom is -0.376 e. The molecule has 2 aromatic heterocycles. The van der Waals surface area contributed by atoms with Gasteiger partial charge < -0.3 is 10.1 Å². The number of amides is 2. The largest absolute Gasteiger partial charge is 0.376 e.